The summed E-state index contributed by atoms with van der Waals surface area (Å²) in [6, 6.07) is 23.4. The minimum Gasteiger partial charge on any atom is -0.457 e. The summed E-state index contributed by atoms with van der Waals surface area (Å²) in [7, 11) is 2.18. The smallest absolute Gasteiger partial charge is 0.209 e. The third-order valence-electron chi connectivity index (χ3n) is 9.52. The van der Waals surface area contributed by atoms with Gasteiger partial charge in [0.25, 0.3) is 0 Å². The standard InChI is InChI=1S/C39H43N3O/c1-7-26-15-20-30(21-16-26)43-37-27(17-23-35-38(2,3)32-25-29(40)19-22-33(32)41-35)11-10-12-28(37)18-24-36-39(4,5)31-13-8-9-14-34(31)42(36)6/h8-9,13-25H,7,10-12,40H2,1-6H3/p+1. The van der Waals surface area contributed by atoms with Crippen LogP contribution in [0.25, 0.3) is 0 Å². The topological polar surface area (TPSA) is 50.3 Å². The fraction of sp³-hybridized carbons (Fsp3) is 0.308. The zero-order valence-corrected chi connectivity index (χ0v) is 26.4. The van der Waals surface area contributed by atoms with E-state index >= 15 is 0 Å². The molecule has 2 heterocycles. The van der Waals surface area contributed by atoms with Crippen LogP contribution in [0.1, 0.15) is 70.6 Å². The minimum atomic E-state index is -0.163. The summed E-state index contributed by atoms with van der Waals surface area (Å²) < 4.78 is 9.08. The van der Waals surface area contributed by atoms with Gasteiger partial charge in [0.2, 0.25) is 5.69 Å². The zero-order valence-electron chi connectivity index (χ0n) is 26.4. The van der Waals surface area contributed by atoms with Crippen LogP contribution in [0.15, 0.2) is 114 Å². The summed E-state index contributed by atoms with van der Waals surface area (Å²) in [5.74, 6) is 1.84. The van der Waals surface area contributed by atoms with Crippen molar-refractivity contribution in [1.82, 2.24) is 0 Å². The molecule has 0 amide bonds. The number of fused-ring (bicyclic) bond motifs is 2. The van der Waals surface area contributed by atoms with Gasteiger partial charge >= 0.3 is 0 Å². The molecule has 220 valence electrons. The Morgan fingerprint density at radius 2 is 1.65 bits per heavy atom. The molecule has 0 unspecified atom stereocenters. The fourth-order valence-electron chi connectivity index (χ4n) is 6.81. The lowest BCUT2D eigenvalue weighted by atomic mass is 9.81. The van der Waals surface area contributed by atoms with Gasteiger partial charge in [-0.05, 0) is 104 Å². The number of nitrogens with two attached hydrogens (primary N) is 1. The van der Waals surface area contributed by atoms with Crippen LogP contribution >= 0.6 is 0 Å². The molecule has 3 aromatic rings. The predicted octanol–water partition coefficient (Wildman–Crippen LogP) is 9.12. The van der Waals surface area contributed by atoms with Gasteiger partial charge < -0.3 is 15.8 Å². The SMILES string of the molecule is CCc1ccc(OC2=C(/C=C/C3=[N+](C)c4ccccc4C3(C)C)CCC/C2=C\C=C2\Nc3ccc(N)cc3C2(C)C)cc1. The molecule has 1 aliphatic carbocycles. The Morgan fingerprint density at radius 1 is 0.884 bits per heavy atom. The lowest BCUT2D eigenvalue weighted by Crippen LogP contribution is -2.26. The zero-order chi connectivity index (χ0) is 30.4. The molecule has 0 atom stereocenters. The van der Waals surface area contributed by atoms with Gasteiger partial charge in [-0.2, -0.15) is 4.58 Å². The number of aryl methyl sites for hydroxylation is 1. The van der Waals surface area contributed by atoms with Crippen molar-refractivity contribution in [3.05, 3.63) is 130 Å². The Labute approximate surface area is 257 Å². The first-order valence-corrected chi connectivity index (χ1v) is 15.6. The summed E-state index contributed by atoms with van der Waals surface area (Å²) in [4.78, 5) is 0. The van der Waals surface area contributed by atoms with Gasteiger partial charge in [0, 0.05) is 40.2 Å². The molecule has 0 fully saturated rings. The highest BCUT2D eigenvalue weighted by molar-refractivity contribution is 6.03. The maximum Gasteiger partial charge on any atom is 0.209 e. The molecular formula is C39H44N3O+. The lowest BCUT2D eigenvalue weighted by molar-refractivity contribution is -0.401. The number of ether oxygens (including phenoxy) is 1. The van der Waals surface area contributed by atoms with E-state index in [4.69, 9.17) is 10.5 Å². The second-order valence-electron chi connectivity index (χ2n) is 13.1. The number of hydrogen-bond donors (Lipinski definition) is 2. The van der Waals surface area contributed by atoms with Crippen LogP contribution in [0.3, 0.4) is 0 Å². The van der Waals surface area contributed by atoms with Gasteiger partial charge in [-0.3, -0.25) is 0 Å². The Hall–Kier alpha value is -4.31. The van der Waals surface area contributed by atoms with E-state index in [0.29, 0.717) is 0 Å². The van der Waals surface area contributed by atoms with Crippen LogP contribution in [0.4, 0.5) is 17.1 Å². The van der Waals surface area contributed by atoms with Crippen molar-refractivity contribution >= 4 is 22.8 Å². The molecule has 0 aromatic heterocycles. The summed E-state index contributed by atoms with van der Waals surface area (Å²) in [5.41, 5.74) is 17.9. The van der Waals surface area contributed by atoms with Crippen molar-refractivity contribution in [2.24, 2.45) is 0 Å². The molecule has 0 saturated heterocycles. The van der Waals surface area contributed by atoms with Crippen LogP contribution in [0.5, 0.6) is 5.75 Å². The summed E-state index contributed by atoms with van der Waals surface area (Å²) >= 11 is 0. The lowest BCUT2D eigenvalue weighted by Gasteiger charge is -2.23. The van der Waals surface area contributed by atoms with Crippen molar-refractivity contribution in [3.8, 4) is 5.75 Å². The van der Waals surface area contributed by atoms with Gasteiger partial charge in [-0.1, -0.05) is 57.2 Å². The van der Waals surface area contributed by atoms with Crippen LogP contribution < -0.4 is 15.8 Å². The summed E-state index contributed by atoms with van der Waals surface area (Å²) in [5, 5.41) is 3.65. The molecule has 2 aliphatic heterocycles. The molecule has 3 N–H and O–H groups in total. The van der Waals surface area contributed by atoms with Crippen LogP contribution in [-0.2, 0) is 17.3 Å². The number of benzene rings is 3. The second kappa shape index (κ2) is 11.1. The maximum atomic E-state index is 6.75. The quantitative estimate of drug-likeness (QED) is 0.230. The van der Waals surface area contributed by atoms with E-state index in [0.717, 1.165) is 54.3 Å². The van der Waals surface area contributed by atoms with Gasteiger partial charge in [-0.25, -0.2) is 0 Å². The van der Waals surface area contributed by atoms with Crippen molar-refractivity contribution in [2.75, 3.05) is 18.1 Å². The van der Waals surface area contributed by atoms with E-state index in [1.165, 1.54) is 39.2 Å². The molecule has 3 aliphatic rings. The molecule has 0 spiro atoms. The van der Waals surface area contributed by atoms with E-state index < -0.39 is 0 Å². The normalized spacial score (nSPS) is 20.6. The fourth-order valence-corrected chi connectivity index (χ4v) is 6.81. The van der Waals surface area contributed by atoms with Gasteiger partial charge in [0.05, 0.1) is 5.41 Å². The van der Waals surface area contributed by atoms with E-state index in [9.17, 15) is 0 Å². The molecular weight excluding hydrogens is 526 g/mol. The van der Waals surface area contributed by atoms with E-state index in [2.05, 4.69) is 137 Å². The second-order valence-corrected chi connectivity index (χ2v) is 13.1. The number of allylic oxidation sites excluding steroid dienone is 7. The predicted molar refractivity (Wildman–Crippen MR) is 180 cm³/mol. The van der Waals surface area contributed by atoms with Crippen molar-refractivity contribution in [1.29, 1.82) is 0 Å². The Bertz CT molecular complexity index is 1730. The van der Waals surface area contributed by atoms with E-state index in [1.807, 2.05) is 6.07 Å². The minimum absolute atomic E-state index is 0.0741. The molecule has 4 heteroatoms. The molecule has 0 saturated carbocycles. The molecule has 3 aromatic carbocycles. The molecule has 6 rings (SSSR count). The average Bonchev–Trinajstić information content (AvgIpc) is 3.36. The maximum absolute atomic E-state index is 6.75. The largest absolute Gasteiger partial charge is 0.457 e. The first kappa shape index (κ1) is 28.8. The van der Waals surface area contributed by atoms with Crippen molar-refractivity contribution < 1.29 is 9.31 Å². The third kappa shape index (κ3) is 5.24. The highest BCUT2D eigenvalue weighted by atomic mass is 16.5. The number of para-hydroxylation sites is 1. The summed E-state index contributed by atoms with van der Waals surface area (Å²) in [6.45, 7) is 11.3. The first-order valence-electron chi connectivity index (χ1n) is 15.6. The van der Waals surface area contributed by atoms with E-state index in [-0.39, 0.29) is 10.8 Å². The molecule has 4 nitrogen and oxygen atoms in total. The Balaban J connectivity index is 1.39. The third-order valence-corrected chi connectivity index (χ3v) is 9.52. The number of hydrogen-bond acceptors (Lipinski definition) is 3. The van der Waals surface area contributed by atoms with Crippen LogP contribution in [0.2, 0.25) is 0 Å². The number of nitrogens with zero attached hydrogens (tertiary/aromatic N) is 1. The number of nitrogens with one attached hydrogen (secondary N) is 1. The highest BCUT2D eigenvalue weighted by Crippen LogP contribution is 2.44. The molecule has 0 bridgehead atoms. The van der Waals surface area contributed by atoms with Gasteiger partial charge in [0.15, 0.2) is 5.71 Å². The summed E-state index contributed by atoms with van der Waals surface area (Å²) in [6.07, 6.45) is 13.1. The Morgan fingerprint density at radius 3 is 2.40 bits per heavy atom. The number of nitrogen functional groups attached to an aromatic ring is 1. The van der Waals surface area contributed by atoms with Crippen molar-refractivity contribution in [2.45, 2.75) is 71.1 Å². The van der Waals surface area contributed by atoms with Crippen molar-refractivity contribution in [3.63, 3.8) is 0 Å². The van der Waals surface area contributed by atoms with E-state index in [1.54, 1.807) is 0 Å². The molecule has 43 heavy (non-hydrogen) atoms. The average molecular weight is 571 g/mol. The number of rotatable bonds is 6. The first-order chi connectivity index (χ1) is 20.6. The Kier molecular flexibility index (Phi) is 7.41. The number of anilines is 2. The van der Waals surface area contributed by atoms with Gasteiger partial charge in [0.1, 0.15) is 18.6 Å². The van der Waals surface area contributed by atoms with Crippen LogP contribution in [0, 0.1) is 0 Å². The van der Waals surface area contributed by atoms with Gasteiger partial charge in [-0.15, -0.1) is 0 Å². The van der Waals surface area contributed by atoms with Crippen LogP contribution in [-0.4, -0.2) is 17.3 Å². The molecule has 0 radical (unpaired) electrons. The monoisotopic (exact) mass is 570 g/mol. The highest BCUT2D eigenvalue weighted by Gasteiger charge is 2.42.